The zero-order valence-corrected chi connectivity index (χ0v) is 10.8. The number of nitrogens with zero attached hydrogens (tertiary/aromatic N) is 1. The lowest BCUT2D eigenvalue weighted by Crippen LogP contribution is -2.14. The zero-order chi connectivity index (χ0) is 14.8. The molecule has 0 spiro atoms. The average Bonchev–Trinajstić information content (AvgIpc) is 2.39. The fourth-order valence-corrected chi connectivity index (χ4v) is 2.51. The standard InChI is InChI=1S/C12H10N2O5S/c15-10-5-4-8(7-9(10)12(16)17)20(18,19)14-11-3-1-2-6-13-11/h1-7,15H,(H,13,14)(H,16,17). The van der Waals surface area contributed by atoms with Gasteiger partial charge >= 0.3 is 5.97 Å². The number of carbonyl (C=O) groups is 1. The van der Waals surface area contributed by atoms with Crippen LogP contribution in [0.5, 0.6) is 5.75 Å². The second-order valence-corrected chi connectivity index (χ2v) is 5.49. The molecule has 0 aliphatic carbocycles. The Hall–Kier alpha value is -2.61. The number of aromatic hydroxyl groups is 1. The molecule has 7 nitrogen and oxygen atoms in total. The fourth-order valence-electron chi connectivity index (χ4n) is 1.47. The minimum absolute atomic E-state index is 0.109. The van der Waals surface area contributed by atoms with E-state index in [1.807, 2.05) is 0 Å². The number of carboxylic acid groups (broad SMARTS) is 1. The third-order valence-corrected chi connectivity index (χ3v) is 3.76. The van der Waals surface area contributed by atoms with Crippen molar-refractivity contribution in [1.29, 1.82) is 0 Å². The Morgan fingerprint density at radius 3 is 2.55 bits per heavy atom. The Bertz CT molecular complexity index is 744. The molecule has 1 heterocycles. The van der Waals surface area contributed by atoms with Gasteiger partial charge in [0, 0.05) is 6.20 Å². The molecule has 20 heavy (non-hydrogen) atoms. The number of hydrogen-bond acceptors (Lipinski definition) is 5. The number of anilines is 1. The number of phenols is 1. The molecule has 0 saturated heterocycles. The van der Waals surface area contributed by atoms with E-state index in [9.17, 15) is 18.3 Å². The molecule has 8 heteroatoms. The molecule has 0 amide bonds. The van der Waals surface area contributed by atoms with Crippen LogP contribution in [-0.2, 0) is 10.0 Å². The van der Waals surface area contributed by atoms with Crippen molar-refractivity contribution < 1.29 is 23.4 Å². The lowest BCUT2D eigenvalue weighted by Gasteiger charge is -2.08. The SMILES string of the molecule is O=C(O)c1cc(S(=O)(=O)Nc2ccccn2)ccc1O. The largest absolute Gasteiger partial charge is 0.507 e. The first kappa shape index (κ1) is 13.8. The van der Waals surface area contributed by atoms with Crippen LogP contribution in [0.25, 0.3) is 0 Å². The van der Waals surface area contributed by atoms with Crippen LogP contribution in [0.4, 0.5) is 5.82 Å². The summed E-state index contributed by atoms with van der Waals surface area (Å²) in [5.74, 6) is -1.82. The summed E-state index contributed by atoms with van der Waals surface area (Å²) in [6, 6.07) is 7.67. The summed E-state index contributed by atoms with van der Waals surface area (Å²) >= 11 is 0. The monoisotopic (exact) mass is 294 g/mol. The van der Waals surface area contributed by atoms with Gasteiger partial charge in [-0.25, -0.2) is 18.2 Å². The fraction of sp³-hybridized carbons (Fsp3) is 0. The summed E-state index contributed by atoms with van der Waals surface area (Å²) in [6.07, 6.45) is 1.41. The lowest BCUT2D eigenvalue weighted by molar-refractivity contribution is 0.0693. The van der Waals surface area contributed by atoms with Gasteiger partial charge in [-0.1, -0.05) is 6.07 Å². The number of aromatic carboxylic acids is 1. The Morgan fingerprint density at radius 1 is 1.20 bits per heavy atom. The third kappa shape index (κ3) is 2.86. The van der Waals surface area contributed by atoms with Gasteiger partial charge in [0.25, 0.3) is 10.0 Å². The molecule has 1 aromatic carbocycles. The highest BCUT2D eigenvalue weighted by Gasteiger charge is 2.19. The minimum atomic E-state index is -3.97. The zero-order valence-electron chi connectivity index (χ0n) is 10.0. The number of aromatic nitrogens is 1. The second-order valence-electron chi connectivity index (χ2n) is 3.80. The van der Waals surface area contributed by atoms with Crippen LogP contribution in [0.15, 0.2) is 47.5 Å². The number of benzene rings is 1. The van der Waals surface area contributed by atoms with E-state index < -0.39 is 27.3 Å². The first-order valence-corrected chi connectivity index (χ1v) is 6.88. The lowest BCUT2D eigenvalue weighted by atomic mass is 10.2. The van der Waals surface area contributed by atoms with Crippen LogP contribution in [0.3, 0.4) is 0 Å². The maximum absolute atomic E-state index is 12.1. The molecular formula is C12H10N2O5S. The first-order chi connectivity index (χ1) is 9.40. The summed E-state index contributed by atoms with van der Waals surface area (Å²) in [7, 11) is -3.97. The maximum Gasteiger partial charge on any atom is 0.339 e. The molecule has 0 unspecified atom stereocenters. The van der Waals surface area contributed by atoms with Gasteiger partial charge in [-0.05, 0) is 30.3 Å². The summed E-state index contributed by atoms with van der Waals surface area (Å²) in [4.78, 5) is 14.4. The Kier molecular flexibility index (Phi) is 3.57. The maximum atomic E-state index is 12.1. The van der Waals surface area contributed by atoms with Crippen molar-refractivity contribution >= 4 is 21.8 Å². The van der Waals surface area contributed by atoms with Crippen LogP contribution in [0.1, 0.15) is 10.4 Å². The predicted molar refractivity (Wildman–Crippen MR) is 70.1 cm³/mol. The topological polar surface area (TPSA) is 117 Å². The van der Waals surface area contributed by atoms with Gasteiger partial charge in [0.2, 0.25) is 0 Å². The van der Waals surface area contributed by atoms with Gasteiger partial charge in [0.1, 0.15) is 17.1 Å². The number of sulfonamides is 1. The normalized spacial score (nSPS) is 11.0. The molecule has 0 atom stereocenters. The Labute approximate surface area is 114 Å². The van der Waals surface area contributed by atoms with E-state index >= 15 is 0 Å². The van der Waals surface area contributed by atoms with Crippen molar-refractivity contribution in [3.8, 4) is 5.75 Å². The van der Waals surface area contributed by atoms with E-state index in [-0.39, 0.29) is 10.7 Å². The van der Waals surface area contributed by atoms with Gasteiger partial charge in [0.05, 0.1) is 4.90 Å². The molecule has 0 bridgehead atoms. The van der Waals surface area contributed by atoms with Gasteiger partial charge in [-0.2, -0.15) is 0 Å². The third-order valence-electron chi connectivity index (χ3n) is 2.41. The molecule has 0 aliphatic rings. The minimum Gasteiger partial charge on any atom is -0.507 e. The number of carboxylic acids is 1. The van der Waals surface area contributed by atoms with Crippen LogP contribution < -0.4 is 4.72 Å². The summed E-state index contributed by atoms with van der Waals surface area (Å²) in [6.45, 7) is 0. The molecular weight excluding hydrogens is 284 g/mol. The highest BCUT2D eigenvalue weighted by atomic mass is 32.2. The molecule has 3 N–H and O–H groups in total. The van der Waals surface area contributed by atoms with Crippen molar-refractivity contribution in [3.05, 3.63) is 48.2 Å². The van der Waals surface area contributed by atoms with Crippen LogP contribution >= 0.6 is 0 Å². The van der Waals surface area contributed by atoms with Gasteiger partial charge in [0.15, 0.2) is 0 Å². The van der Waals surface area contributed by atoms with Crippen molar-refractivity contribution in [1.82, 2.24) is 4.98 Å². The van der Waals surface area contributed by atoms with Gasteiger partial charge in [-0.15, -0.1) is 0 Å². The summed E-state index contributed by atoms with van der Waals surface area (Å²) in [5.41, 5.74) is -0.492. The van der Waals surface area contributed by atoms with Gasteiger partial charge < -0.3 is 10.2 Å². The quantitative estimate of drug-likeness (QED) is 0.782. The molecule has 0 fully saturated rings. The average molecular weight is 294 g/mol. The Morgan fingerprint density at radius 2 is 1.95 bits per heavy atom. The molecule has 1 aromatic heterocycles. The van der Waals surface area contributed by atoms with E-state index in [1.165, 1.54) is 12.3 Å². The van der Waals surface area contributed by atoms with Crippen molar-refractivity contribution in [2.24, 2.45) is 0 Å². The molecule has 2 rings (SSSR count). The highest BCUT2D eigenvalue weighted by molar-refractivity contribution is 7.92. The van der Waals surface area contributed by atoms with Gasteiger partial charge in [-0.3, -0.25) is 4.72 Å². The smallest absolute Gasteiger partial charge is 0.339 e. The molecule has 0 saturated carbocycles. The summed E-state index contributed by atoms with van der Waals surface area (Å²) in [5, 5.41) is 18.2. The number of rotatable bonds is 4. The Balaban J connectivity index is 2.40. The van der Waals surface area contributed by atoms with Crippen molar-refractivity contribution in [3.63, 3.8) is 0 Å². The van der Waals surface area contributed by atoms with Crippen molar-refractivity contribution in [2.45, 2.75) is 4.90 Å². The number of nitrogens with one attached hydrogen (secondary N) is 1. The van der Waals surface area contributed by atoms with E-state index in [0.717, 1.165) is 18.2 Å². The predicted octanol–water partition coefficient (Wildman–Crippen LogP) is 1.29. The van der Waals surface area contributed by atoms with Crippen LogP contribution in [0, 0.1) is 0 Å². The molecule has 104 valence electrons. The number of pyridine rings is 1. The van der Waals surface area contributed by atoms with Crippen LogP contribution in [-0.4, -0.2) is 29.6 Å². The van der Waals surface area contributed by atoms with E-state index in [0.29, 0.717) is 0 Å². The molecule has 0 aliphatic heterocycles. The van der Waals surface area contributed by atoms with Crippen molar-refractivity contribution in [2.75, 3.05) is 4.72 Å². The molecule has 2 aromatic rings. The van der Waals surface area contributed by atoms with E-state index in [4.69, 9.17) is 5.11 Å². The number of hydrogen-bond donors (Lipinski definition) is 3. The van der Waals surface area contributed by atoms with E-state index in [1.54, 1.807) is 12.1 Å². The first-order valence-electron chi connectivity index (χ1n) is 5.40. The second kappa shape index (κ2) is 5.17. The van der Waals surface area contributed by atoms with Crippen LogP contribution in [0.2, 0.25) is 0 Å². The summed E-state index contributed by atoms with van der Waals surface area (Å²) < 4.78 is 26.3. The van der Waals surface area contributed by atoms with E-state index in [2.05, 4.69) is 9.71 Å². The molecule has 0 radical (unpaired) electrons. The highest BCUT2D eigenvalue weighted by Crippen LogP contribution is 2.22.